The molecule has 0 radical (unpaired) electrons. The number of hydrogen-bond donors (Lipinski definition) is 0. The van der Waals surface area contributed by atoms with Gasteiger partial charge in [0.15, 0.2) is 0 Å². The van der Waals surface area contributed by atoms with Gasteiger partial charge in [-0.15, -0.1) is 0 Å². The van der Waals surface area contributed by atoms with Crippen LogP contribution in [0.1, 0.15) is 33.3 Å². The highest BCUT2D eigenvalue weighted by atomic mass is 16.5. The second-order valence-corrected chi connectivity index (χ2v) is 5.65. The predicted molar refractivity (Wildman–Crippen MR) is 103 cm³/mol. The van der Waals surface area contributed by atoms with Crippen LogP contribution in [0.25, 0.3) is 6.08 Å². The van der Waals surface area contributed by atoms with E-state index in [-0.39, 0.29) is 0 Å². The molecule has 0 aliphatic heterocycles. The Morgan fingerprint density at radius 3 is 1.92 bits per heavy atom. The third kappa shape index (κ3) is 6.93. The van der Waals surface area contributed by atoms with E-state index in [1.807, 2.05) is 24.3 Å². The van der Waals surface area contributed by atoms with Crippen LogP contribution < -0.4 is 9.47 Å². The molecule has 0 fully saturated rings. The van der Waals surface area contributed by atoms with Gasteiger partial charge < -0.3 is 19.3 Å². The lowest BCUT2D eigenvalue weighted by atomic mass is 10.2. The van der Waals surface area contributed by atoms with Crippen LogP contribution in [0.15, 0.2) is 24.8 Å². The Morgan fingerprint density at radius 2 is 1.42 bits per heavy atom. The molecule has 4 nitrogen and oxygen atoms in total. The minimum absolute atomic E-state index is 0.685. The maximum Gasteiger partial charge on any atom is 0.126 e. The van der Waals surface area contributed by atoms with E-state index < -0.39 is 0 Å². The monoisotopic (exact) mass is 334 g/mol. The number of likely N-dealkylation sites (N-methyl/N-ethyl adjacent to an activating group) is 2. The quantitative estimate of drug-likeness (QED) is 0.548. The molecule has 0 bridgehead atoms. The van der Waals surface area contributed by atoms with Crippen molar-refractivity contribution < 1.29 is 9.47 Å². The molecule has 1 aromatic rings. The van der Waals surface area contributed by atoms with Crippen molar-refractivity contribution in [3.05, 3.63) is 30.3 Å². The van der Waals surface area contributed by atoms with Crippen LogP contribution in [-0.2, 0) is 0 Å². The highest BCUT2D eigenvalue weighted by Gasteiger charge is 2.06. The fourth-order valence-corrected chi connectivity index (χ4v) is 2.56. The molecule has 0 heterocycles. The molecule has 0 amide bonds. The molecular formula is C20H34N2O2. The van der Waals surface area contributed by atoms with Crippen molar-refractivity contribution in [2.45, 2.75) is 27.7 Å². The second-order valence-electron chi connectivity index (χ2n) is 5.65. The molecule has 1 aromatic carbocycles. The van der Waals surface area contributed by atoms with Crippen LogP contribution in [0.3, 0.4) is 0 Å². The molecule has 0 spiro atoms. The average molecular weight is 335 g/mol. The van der Waals surface area contributed by atoms with E-state index in [1.165, 1.54) is 0 Å². The molecular weight excluding hydrogens is 300 g/mol. The second kappa shape index (κ2) is 11.9. The highest BCUT2D eigenvalue weighted by Crippen LogP contribution is 2.25. The van der Waals surface area contributed by atoms with Crippen molar-refractivity contribution in [2.24, 2.45) is 0 Å². The van der Waals surface area contributed by atoms with Crippen LogP contribution >= 0.6 is 0 Å². The Balaban J connectivity index is 2.53. The van der Waals surface area contributed by atoms with Crippen LogP contribution in [-0.4, -0.2) is 62.3 Å². The van der Waals surface area contributed by atoms with Gasteiger partial charge in [-0.3, -0.25) is 0 Å². The summed E-state index contributed by atoms with van der Waals surface area (Å²) in [4.78, 5) is 4.69. The lowest BCUT2D eigenvalue weighted by Gasteiger charge is -2.19. The summed E-state index contributed by atoms with van der Waals surface area (Å²) >= 11 is 0. The number of rotatable bonds is 13. The fourth-order valence-electron chi connectivity index (χ4n) is 2.56. The van der Waals surface area contributed by atoms with Gasteiger partial charge in [0.1, 0.15) is 24.7 Å². The summed E-state index contributed by atoms with van der Waals surface area (Å²) in [5, 5.41) is 0. The van der Waals surface area contributed by atoms with E-state index in [9.17, 15) is 0 Å². The molecule has 0 unspecified atom stereocenters. The first-order valence-corrected chi connectivity index (χ1v) is 9.15. The summed E-state index contributed by atoms with van der Waals surface area (Å²) in [5.74, 6) is 1.74. The zero-order valence-corrected chi connectivity index (χ0v) is 15.9. The Bertz CT molecular complexity index is 469. The summed E-state index contributed by atoms with van der Waals surface area (Å²) in [5.41, 5.74) is 0.981. The molecule has 0 N–H and O–H groups in total. The molecule has 0 atom stereocenters. The van der Waals surface area contributed by atoms with E-state index in [0.717, 1.165) is 56.3 Å². The minimum Gasteiger partial charge on any atom is -0.492 e. The molecule has 0 aromatic heterocycles. The first-order valence-electron chi connectivity index (χ1n) is 9.15. The largest absolute Gasteiger partial charge is 0.492 e. The SMILES string of the molecule is C=Cc1cc(OCCN(CC)CC)ccc1OCCN(CC)CC. The Morgan fingerprint density at radius 1 is 0.875 bits per heavy atom. The molecule has 0 aliphatic rings. The number of nitrogens with zero attached hydrogens (tertiary/aromatic N) is 2. The van der Waals surface area contributed by atoms with Crippen molar-refractivity contribution in [2.75, 3.05) is 52.5 Å². The van der Waals surface area contributed by atoms with Crippen molar-refractivity contribution in [1.82, 2.24) is 9.80 Å². The Hall–Kier alpha value is -1.52. The Labute approximate surface area is 148 Å². The van der Waals surface area contributed by atoms with E-state index in [4.69, 9.17) is 9.47 Å². The Kier molecular flexibility index (Phi) is 10.2. The number of benzene rings is 1. The maximum atomic E-state index is 5.92. The van der Waals surface area contributed by atoms with Gasteiger partial charge in [0.2, 0.25) is 0 Å². The van der Waals surface area contributed by atoms with Gasteiger partial charge >= 0.3 is 0 Å². The number of hydrogen-bond acceptors (Lipinski definition) is 4. The summed E-state index contributed by atoms with van der Waals surface area (Å²) in [7, 11) is 0. The van der Waals surface area contributed by atoms with Gasteiger partial charge in [-0.25, -0.2) is 0 Å². The highest BCUT2D eigenvalue weighted by molar-refractivity contribution is 5.58. The van der Waals surface area contributed by atoms with E-state index in [1.54, 1.807) is 0 Å². The smallest absolute Gasteiger partial charge is 0.126 e. The zero-order chi connectivity index (χ0) is 17.8. The molecule has 0 saturated carbocycles. The summed E-state index contributed by atoms with van der Waals surface area (Å²) in [6.07, 6.45) is 1.82. The molecule has 136 valence electrons. The first kappa shape index (κ1) is 20.5. The van der Waals surface area contributed by atoms with Gasteiger partial charge in [0.25, 0.3) is 0 Å². The van der Waals surface area contributed by atoms with E-state index in [0.29, 0.717) is 13.2 Å². The van der Waals surface area contributed by atoms with Crippen LogP contribution in [0.4, 0.5) is 0 Å². The van der Waals surface area contributed by atoms with Gasteiger partial charge in [-0.05, 0) is 44.4 Å². The third-order valence-corrected chi connectivity index (χ3v) is 4.33. The third-order valence-electron chi connectivity index (χ3n) is 4.33. The molecule has 1 rings (SSSR count). The van der Waals surface area contributed by atoms with Crippen molar-refractivity contribution >= 4 is 6.08 Å². The van der Waals surface area contributed by atoms with Crippen molar-refractivity contribution in [3.63, 3.8) is 0 Å². The molecule has 0 aliphatic carbocycles. The topological polar surface area (TPSA) is 24.9 Å². The van der Waals surface area contributed by atoms with Crippen LogP contribution in [0.5, 0.6) is 11.5 Å². The maximum absolute atomic E-state index is 5.92. The molecule has 24 heavy (non-hydrogen) atoms. The molecule has 0 saturated heterocycles. The van der Waals surface area contributed by atoms with Gasteiger partial charge in [-0.2, -0.15) is 0 Å². The van der Waals surface area contributed by atoms with Crippen molar-refractivity contribution in [3.8, 4) is 11.5 Å². The normalized spacial score (nSPS) is 11.1. The van der Waals surface area contributed by atoms with Gasteiger partial charge in [-0.1, -0.05) is 40.3 Å². The summed E-state index contributed by atoms with van der Waals surface area (Å²) < 4.78 is 11.8. The average Bonchev–Trinajstić information content (AvgIpc) is 2.63. The standard InChI is InChI=1S/C20H34N2O2/c1-6-18-17-19(23-15-13-21(7-2)8-3)11-12-20(18)24-16-14-22(9-4)10-5/h6,11-12,17H,1,7-10,13-16H2,2-5H3. The van der Waals surface area contributed by atoms with Crippen LogP contribution in [0.2, 0.25) is 0 Å². The van der Waals surface area contributed by atoms with E-state index in [2.05, 4.69) is 44.1 Å². The van der Waals surface area contributed by atoms with Gasteiger partial charge in [0.05, 0.1) is 0 Å². The molecule has 4 heteroatoms. The zero-order valence-electron chi connectivity index (χ0n) is 15.9. The minimum atomic E-state index is 0.685. The van der Waals surface area contributed by atoms with Crippen LogP contribution in [0, 0.1) is 0 Å². The summed E-state index contributed by atoms with van der Waals surface area (Å²) in [6.45, 7) is 20.0. The summed E-state index contributed by atoms with van der Waals surface area (Å²) in [6, 6.07) is 5.95. The van der Waals surface area contributed by atoms with Crippen molar-refractivity contribution in [1.29, 1.82) is 0 Å². The lowest BCUT2D eigenvalue weighted by molar-refractivity contribution is 0.219. The van der Waals surface area contributed by atoms with Gasteiger partial charge in [0, 0.05) is 18.7 Å². The lowest BCUT2D eigenvalue weighted by Crippen LogP contribution is -2.28. The first-order chi connectivity index (χ1) is 11.7. The predicted octanol–water partition coefficient (Wildman–Crippen LogP) is 3.77. The fraction of sp³-hybridized carbons (Fsp3) is 0.600. The number of ether oxygens (including phenoxy) is 2. The van der Waals surface area contributed by atoms with E-state index >= 15 is 0 Å².